The molecule has 2 heterocycles. The first-order valence-electron chi connectivity index (χ1n) is 24.1. The highest BCUT2D eigenvalue weighted by molar-refractivity contribution is 5.87. The normalized spacial score (nSPS) is 12.2. The number of rotatable bonds is 11. The number of fused-ring (bicyclic) bond motifs is 1. The van der Waals surface area contributed by atoms with Crippen molar-refractivity contribution in [3.63, 3.8) is 0 Å². The highest BCUT2D eigenvalue weighted by Gasteiger charge is 2.19. The largest absolute Gasteiger partial charge is 0.311 e. The smallest absolute Gasteiger partial charge is 0.137 e. The average Bonchev–Trinajstić information content (AvgIpc) is 3.82. The number of anilines is 6. The summed E-state index contributed by atoms with van der Waals surface area (Å²) in [6.45, 7) is 0. The summed E-state index contributed by atoms with van der Waals surface area (Å²) in [5.41, 5.74) is 15.1. The summed E-state index contributed by atoms with van der Waals surface area (Å²) < 4.78 is 46.0. The third kappa shape index (κ3) is 7.97. The van der Waals surface area contributed by atoms with Crippen molar-refractivity contribution in [2.75, 3.05) is 9.80 Å². The van der Waals surface area contributed by atoms with Gasteiger partial charge >= 0.3 is 0 Å². The van der Waals surface area contributed by atoms with Gasteiger partial charge < -0.3 is 9.80 Å². The number of hydrogen-bond donors (Lipinski definition) is 0. The lowest BCUT2D eigenvalue weighted by Gasteiger charge is -2.26. The second-order valence-electron chi connectivity index (χ2n) is 15.7. The molecule has 0 aliphatic carbocycles. The fourth-order valence-corrected chi connectivity index (χ4v) is 8.54. The Kier molecular flexibility index (Phi) is 9.14. The Hall–Kier alpha value is -8.73. The van der Waals surface area contributed by atoms with Crippen molar-refractivity contribution in [2.45, 2.75) is 0 Å². The maximum Gasteiger partial charge on any atom is 0.137 e. The molecule has 0 saturated heterocycles. The lowest BCUT2D eigenvalue weighted by atomic mass is 10.0. The molecule has 0 radical (unpaired) electrons. The molecule has 0 aliphatic rings. The second-order valence-corrected chi connectivity index (χ2v) is 15.7. The van der Waals surface area contributed by atoms with Crippen LogP contribution in [0.3, 0.4) is 0 Å². The summed E-state index contributed by atoms with van der Waals surface area (Å²) >= 11 is 0. The minimum absolute atomic E-state index is 0.0484. The number of pyridine rings is 1. The van der Waals surface area contributed by atoms with Gasteiger partial charge in [-0.15, -0.1) is 0 Å². The number of hydrogen-bond acceptors (Lipinski definition) is 3. The molecule has 4 nitrogen and oxygen atoms in total. The van der Waals surface area contributed by atoms with E-state index < -0.39 is 18.1 Å². The van der Waals surface area contributed by atoms with Gasteiger partial charge in [-0.25, -0.2) is 4.98 Å². The van der Waals surface area contributed by atoms with Crippen molar-refractivity contribution < 1.29 is 6.85 Å². The highest BCUT2D eigenvalue weighted by atomic mass is 15.1. The number of benzene rings is 9. The summed E-state index contributed by atoms with van der Waals surface area (Å²) in [4.78, 5) is 9.10. The molecule has 2 aromatic heterocycles. The molecule has 0 unspecified atom stereocenters. The molecule has 65 heavy (non-hydrogen) atoms. The van der Waals surface area contributed by atoms with Crippen molar-refractivity contribution in [1.82, 2.24) is 9.38 Å². The maximum atomic E-state index is 9.12. The molecule has 11 aromatic rings. The van der Waals surface area contributed by atoms with Gasteiger partial charge in [0.25, 0.3) is 0 Å². The Bertz CT molecular complexity index is 3510. The van der Waals surface area contributed by atoms with Gasteiger partial charge in [0.15, 0.2) is 0 Å². The topological polar surface area (TPSA) is 23.8 Å². The quantitative estimate of drug-likeness (QED) is 0.130. The van der Waals surface area contributed by atoms with E-state index in [0.29, 0.717) is 11.4 Å². The molecule has 9 aromatic carbocycles. The van der Waals surface area contributed by atoms with Crippen LogP contribution in [0.1, 0.15) is 6.85 Å². The Morgan fingerprint density at radius 2 is 0.723 bits per heavy atom. The van der Waals surface area contributed by atoms with E-state index in [4.69, 9.17) is 11.8 Å². The summed E-state index contributed by atoms with van der Waals surface area (Å²) in [5, 5.41) is 0. The first-order chi connectivity index (χ1) is 34.3. The number of imidazole rings is 1. The van der Waals surface area contributed by atoms with Crippen LogP contribution >= 0.6 is 0 Å². The van der Waals surface area contributed by atoms with Crippen LogP contribution in [0, 0.1) is 0 Å². The van der Waals surface area contributed by atoms with E-state index in [0.717, 1.165) is 78.6 Å². The number of para-hydroxylation sites is 1. The maximum absolute atomic E-state index is 9.12. The third-order valence-corrected chi connectivity index (χ3v) is 11.7. The predicted molar refractivity (Wildman–Crippen MR) is 272 cm³/mol. The summed E-state index contributed by atoms with van der Waals surface area (Å²) in [5.74, 6) is 0. The van der Waals surface area contributed by atoms with E-state index in [1.54, 1.807) is 4.90 Å². The third-order valence-electron chi connectivity index (χ3n) is 11.7. The minimum atomic E-state index is -0.449. The van der Waals surface area contributed by atoms with E-state index in [-0.39, 0.29) is 17.8 Å². The molecule has 4 heteroatoms. The number of aromatic nitrogens is 2. The zero-order chi connectivity index (χ0) is 47.7. The van der Waals surface area contributed by atoms with Gasteiger partial charge in [-0.05, 0) is 118 Å². The fourth-order valence-electron chi connectivity index (χ4n) is 8.54. The van der Waals surface area contributed by atoms with Crippen LogP contribution in [0.2, 0.25) is 0 Å². The lowest BCUT2D eigenvalue weighted by Crippen LogP contribution is -2.10. The van der Waals surface area contributed by atoms with E-state index >= 15 is 0 Å². The molecular weight excluding hydrogens is 789 g/mol. The summed E-state index contributed by atoms with van der Waals surface area (Å²) in [6, 6.07) is 76.4. The van der Waals surface area contributed by atoms with E-state index in [9.17, 15) is 0 Å². The second kappa shape index (κ2) is 17.6. The monoisotopic (exact) mass is 837 g/mol. The average molecular weight is 838 g/mol. The van der Waals surface area contributed by atoms with E-state index in [2.05, 4.69) is 143 Å². The van der Waals surface area contributed by atoms with Crippen molar-refractivity contribution in [3.05, 3.63) is 267 Å². The zero-order valence-electron chi connectivity index (χ0n) is 40.3. The minimum Gasteiger partial charge on any atom is -0.311 e. The molecule has 0 spiro atoms. The predicted octanol–water partition coefficient (Wildman–Crippen LogP) is 16.6. The molecule has 11 rings (SSSR count). The Morgan fingerprint density at radius 3 is 1.20 bits per heavy atom. The van der Waals surface area contributed by atoms with Gasteiger partial charge in [0, 0.05) is 51.4 Å². The highest BCUT2D eigenvalue weighted by Crippen LogP contribution is 2.41. The molecular formula is C61H44N4. The van der Waals surface area contributed by atoms with Gasteiger partial charge in [0.05, 0.1) is 18.2 Å². The SMILES string of the molecule is [2H]c1c([2H])c([2H])c(N(c2ccc(-c3ccc(N(c4ccc(-c5ccccc5)cc4)c4ccc(-c5ccccc5)cc4)cc3)cc2)c2cccc(-c3nc4ccccn4c3-c3ccccc3)c2)c([2H])c1[2H]. The van der Waals surface area contributed by atoms with Crippen molar-refractivity contribution >= 4 is 39.8 Å². The van der Waals surface area contributed by atoms with Crippen LogP contribution in [0.4, 0.5) is 34.1 Å². The lowest BCUT2D eigenvalue weighted by molar-refractivity contribution is 1.19. The van der Waals surface area contributed by atoms with Crippen molar-refractivity contribution in [2.24, 2.45) is 0 Å². The van der Waals surface area contributed by atoms with Crippen LogP contribution < -0.4 is 9.80 Å². The van der Waals surface area contributed by atoms with Gasteiger partial charge in [0.1, 0.15) is 5.65 Å². The Morgan fingerprint density at radius 1 is 0.323 bits per heavy atom. The van der Waals surface area contributed by atoms with E-state index in [1.807, 2.05) is 103 Å². The van der Waals surface area contributed by atoms with Crippen LogP contribution in [0.15, 0.2) is 267 Å². The Balaban J connectivity index is 0.964. The van der Waals surface area contributed by atoms with Gasteiger partial charge in [0.2, 0.25) is 0 Å². The van der Waals surface area contributed by atoms with Crippen molar-refractivity contribution in [1.29, 1.82) is 0 Å². The molecule has 0 aliphatic heterocycles. The molecule has 0 atom stereocenters. The van der Waals surface area contributed by atoms with E-state index in [1.165, 1.54) is 0 Å². The molecule has 0 fully saturated rings. The first kappa shape index (κ1) is 33.8. The van der Waals surface area contributed by atoms with Gasteiger partial charge in [-0.1, -0.05) is 176 Å². The summed E-state index contributed by atoms with van der Waals surface area (Å²) in [6.07, 6.45) is 2.00. The van der Waals surface area contributed by atoms with Gasteiger partial charge in [-0.2, -0.15) is 0 Å². The zero-order valence-corrected chi connectivity index (χ0v) is 35.3. The first-order valence-corrected chi connectivity index (χ1v) is 21.6. The number of nitrogens with zero attached hydrogens (tertiary/aromatic N) is 4. The van der Waals surface area contributed by atoms with Gasteiger partial charge in [-0.3, -0.25) is 4.40 Å². The van der Waals surface area contributed by atoms with Crippen LogP contribution in [-0.2, 0) is 0 Å². The molecule has 308 valence electrons. The Labute approximate surface area is 387 Å². The fraction of sp³-hybridized carbons (Fsp3) is 0. The van der Waals surface area contributed by atoms with Crippen LogP contribution in [0.25, 0.3) is 61.5 Å². The molecule has 0 saturated carbocycles. The van der Waals surface area contributed by atoms with Crippen LogP contribution in [-0.4, -0.2) is 9.38 Å². The summed E-state index contributed by atoms with van der Waals surface area (Å²) in [7, 11) is 0. The molecule has 0 bridgehead atoms. The van der Waals surface area contributed by atoms with Crippen molar-refractivity contribution in [3.8, 4) is 55.9 Å². The van der Waals surface area contributed by atoms with Crippen LogP contribution in [0.5, 0.6) is 0 Å². The standard InChI is InChI=1S/C61H44N4/c1-5-16-45(17-6-1)47-27-35-54(36-28-47)64(55-37-29-48(30-38-55)46-18-7-2-8-19-46)56-39-31-49(32-40-56)50-33-41-57(42-34-50)65(53-23-11-4-12-24-53)58-25-15-22-52(44-58)60-61(51-20-9-3-10-21-51)63-43-14-13-26-59(63)62-60/h1-44H/i4D,11D,12D,23D,24D. The molecule has 0 amide bonds. The molecule has 0 N–H and O–H groups in total.